The molecule has 1 aliphatic heterocycles. The molecule has 22 heavy (non-hydrogen) atoms. The van der Waals surface area contributed by atoms with E-state index in [0.717, 1.165) is 13.1 Å². The smallest absolute Gasteiger partial charge is 0.406 e. The van der Waals surface area contributed by atoms with Crippen molar-refractivity contribution in [3.8, 4) is 5.75 Å². The first-order chi connectivity index (χ1) is 9.49. The van der Waals surface area contributed by atoms with E-state index in [-0.39, 0.29) is 30.6 Å². The summed E-state index contributed by atoms with van der Waals surface area (Å²) in [6.45, 7) is 2.18. The highest BCUT2D eigenvalue weighted by atomic mass is 35.5. The second kappa shape index (κ2) is 9.39. The Morgan fingerprint density at radius 2 is 1.82 bits per heavy atom. The number of benzene rings is 1. The van der Waals surface area contributed by atoms with Gasteiger partial charge in [0.2, 0.25) is 0 Å². The highest BCUT2D eigenvalue weighted by molar-refractivity contribution is 5.85. The van der Waals surface area contributed by atoms with Crippen molar-refractivity contribution >= 4 is 24.8 Å². The Morgan fingerprint density at radius 3 is 2.36 bits per heavy atom. The lowest BCUT2D eigenvalue weighted by Gasteiger charge is -2.33. The standard InChI is InChI=1S/C13H16F4N2O.2ClH/c14-9-12(19-6-4-18-5-7-19)10-2-1-3-11(8-10)20-13(15,16)17;;/h1-3,8,12,18H,4-7,9H2;2*1H/t12-;;/m0../s1. The monoisotopic (exact) mass is 364 g/mol. The van der Waals surface area contributed by atoms with Gasteiger partial charge in [0.05, 0.1) is 6.04 Å². The lowest BCUT2D eigenvalue weighted by molar-refractivity contribution is -0.274. The maximum absolute atomic E-state index is 13.3. The third kappa shape index (κ3) is 6.16. The molecule has 0 radical (unpaired) electrons. The average Bonchev–Trinajstić information content (AvgIpc) is 2.39. The molecule has 1 aromatic rings. The van der Waals surface area contributed by atoms with Gasteiger partial charge in [-0.05, 0) is 17.7 Å². The molecule has 0 spiro atoms. The average molecular weight is 365 g/mol. The molecule has 0 aromatic heterocycles. The van der Waals surface area contributed by atoms with Crippen LogP contribution in [0.1, 0.15) is 11.6 Å². The van der Waals surface area contributed by atoms with Crippen molar-refractivity contribution in [3.63, 3.8) is 0 Å². The van der Waals surface area contributed by atoms with Gasteiger partial charge in [0.25, 0.3) is 0 Å². The number of piperazine rings is 1. The van der Waals surface area contributed by atoms with Crippen LogP contribution in [-0.2, 0) is 0 Å². The summed E-state index contributed by atoms with van der Waals surface area (Å²) >= 11 is 0. The summed E-state index contributed by atoms with van der Waals surface area (Å²) in [6.07, 6.45) is -4.74. The third-order valence-corrected chi connectivity index (χ3v) is 3.21. The molecule has 1 N–H and O–H groups in total. The van der Waals surface area contributed by atoms with Crippen molar-refractivity contribution < 1.29 is 22.3 Å². The fraction of sp³-hybridized carbons (Fsp3) is 0.538. The Balaban J connectivity index is 0.00000220. The molecule has 0 saturated carbocycles. The minimum atomic E-state index is -4.74. The Bertz CT molecular complexity index is 442. The zero-order valence-electron chi connectivity index (χ0n) is 11.6. The predicted octanol–water partition coefficient (Wildman–Crippen LogP) is 3.34. The quantitative estimate of drug-likeness (QED) is 0.829. The van der Waals surface area contributed by atoms with Crippen LogP contribution in [0.15, 0.2) is 24.3 Å². The Hall–Kier alpha value is -0.760. The van der Waals surface area contributed by atoms with Crippen molar-refractivity contribution in [2.75, 3.05) is 32.9 Å². The summed E-state index contributed by atoms with van der Waals surface area (Å²) in [4.78, 5) is 1.92. The second-order valence-corrected chi connectivity index (χ2v) is 4.58. The van der Waals surface area contributed by atoms with Crippen LogP contribution in [0.25, 0.3) is 0 Å². The first kappa shape index (κ1) is 21.2. The zero-order chi connectivity index (χ0) is 14.6. The summed E-state index contributed by atoms with van der Waals surface area (Å²) in [7, 11) is 0. The molecular formula is C13H18Cl2F4N2O. The van der Waals surface area contributed by atoms with Gasteiger partial charge in [0.1, 0.15) is 12.4 Å². The van der Waals surface area contributed by atoms with Crippen LogP contribution in [0.3, 0.4) is 0 Å². The fourth-order valence-electron chi connectivity index (χ4n) is 2.31. The minimum Gasteiger partial charge on any atom is -0.406 e. The van der Waals surface area contributed by atoms with Crippen molar-refractivity contribution in [2.24, 2.45) is 0 Å². The van der Waals surface area contributed by atoms with Crippen molar-refractivity contribution in [1.82, 2.24) is 10.2 Å². The lowest BCUT2D eigenvalue weighted by Crippen LogP contribution is -2.45. The number of hydrogen-bond donors (Lipinski definition) is 1. The van der Waals surface area contributed by atoms with Gasteiger partial charge >= 0.3 is 6.36 Å². The first-order valence-corrected chi connectivity index (χ1v) is 6.36. The highest BCUT2D eigenvalue weighted by Crippen LogP contribution is 2.28. The minimum absolute atomic E-state index is 0. The molecule has 1 saturated heterocycles. The molecule has 1 heterocycles. The summed E-state index contributed by atoms with van der Waals surface area (Å²) in [5.41, 5.74) is 0.496. The predicted molar refractivity (Wildman–Crippen MR) is 80.8 cm³/mol. The van der Waals surface area contributed by atoms with E-state index in [0.29, 0.717) is 18.7 Å². The van der Waals surface area contributed by atoms with E-state index in [1.807, 2.05) is 4.90 Å². The second-order valence-electron chi connectivity index (χ2n) is 4.58. The summed E-state index contributed by atoms with van der Waals surface area (Å²) < 4.78 is 53.7. The largest absolute Gasteiger partial charge is 0.573 e. The van der Waals surface area contributed by atoms with Crippen LogP contribution in [0.5, 0.6) is 5.75 Å². The van der Waals surface area contributed by atoms with E-state index in [1.165, 1.54) is 18.2 Å². The van der Waals surface area contributed by atoms with Gasteiger partial charge in [-0.3, -0.25) is 4.90 Å². The lowest BCUT2D eigenvalue weighted by atomic mass is 10.1. The number of ether oxygens (including phenoxy) is 1. The third-order valence-electron chi connectivity index (χ3n) is 3.21. The molecule has 128 valence electrons. The van der Waals surface area contributed by atoms with E-state index >= 15 is 0 Å². The Labute approximate surface area is 138 Å². The molecule has 0 unspecified atom stereocenters. The van der Waals surface area contributed by atoms with Crippen LogP contribution in [0, 0.1) is 0 Å². The number of hydrogen-bond acceptors (Lipinski definition) is 3. The maximum Gasteiger partial charge on any atom is 0.573 e. The maximum atomic E-state index is 13.3. The van der Waals surface area contributed by atoms with Crippen molar-refractivity contribution in [2.45, 2.75) is 12.4 Å². The molecule has 0 aliphatic carbocycles. The number of halogens is 6. The molecule has 1 aromatic carbocycles. The zero-order valence-corrected chi connectivity index (χ0v) is 13.2. The number of nitrogens with zero attached hydrogens (tertiary/aromatic N) is 1. The van der Waals surface area contributed by atoms with Gasteiger partial charge in [-0.25, -0.2) is 4.39 Å². The first-order valence-electron chi connectivity index (χ1n) is 6.36. The normalized spacial score (nSPS) is 17.1. The topological polar surface area (TPSA) is 24.5 Å². The molecular weight excluding hydrogens is 347 g/mol. The molecule has 0 bridgehead atoms. The van der Waals surface area contributed by atoms with Gasteiger partial charge in [-0.1, -0.05) is 12.1 Å². The summed E-state index contributed by atoms with van der Waals surface area (Å²) in [5.74, 6) is -0.316. The van der Waals surface area contributed by atoms with E-state index < -0.39 is 19.1 Å². The van der Waals surface area contributed by atoms with Crippen LogP contribution in [-0.4, -0.2) is 44.1 Å². The molecule has 1 aliphatic rings. The van der Waals surface area contributed by atoms with Gasteiger partial charge in [-0.2, -0.15) is 0 Å². The fourth-order valence-corrected chi connectivity index (χ4v) is 2.31. The van der Waals surface area contributed by atoms with Crippen LogP contribution in [0.4, 0.5) is 17.6 Å². The number of rotatable bonds is 4. The molecule has 3 nitrogen and oxygen atoms in total. The van der Waals surface area contributed by atoms with Crippen molar-refractivity contribution in [3.05, 3.63) is 29.8 Å². The Kier molecular flexibility index (Phi) is 9.07. The van der Waals surface area contributed by atoms with E-state index in [1.54, 1.807) is 6.07 Å². The van der Waals surface area contributed by atoms with Gasteiger partial charge < -0.3 is 10.1 Å². The van der Waals surface area contributed by atoms with Crippen LogP contribution < -0.4 is 10.1 Å². The molecule has 2 rings (SSSR count). The number of alkyl halides is 4. The molecule has 1 fully saturated rings. The molecule has 1 atom stereocenters. The van der Waals surface area contributed by atoms with Crippen LogP contribution >= 0.6 is 24.8 Å². The molecule has 0 amide bonds. The molecule has 9 heteroatoms. The Morgan fingerprint density at radius 1 is 1.18 bits per heavy atom. The highest BCUT2D eigenvalue weighted by Gasteiger charge is 2.31. The van der Waals surface area contributed by atoms with Crippen molar-refractivity contribution in [1.29, 1.82) is 0 Å². The van der Waals surface area contributed by atoms with E-state index in [4.69, 9.17) is 0 Å². The summed E-state index contributed by atoms with van der Waals surface area (Å²) in [6, 6.07) is 4.99. The van der Waals surface area contributed by atoms with Gasteiger partial charge in [0.15, 0.2) is 0 Å². The van der Waals surface area contributed by atoms with E-state index in [9.17, 15) is 17.6 Å². The van der Waals surface area contributed by atoms with Crippen LogP contribution in [0.2, 0.25) is 0 Å². The summed E-state index contributed by atoms with van der Waals surface area (Å²) in [5, 5.41) is 3.15. The number of nitrogens with one attached hydrogen (secondary N) is 1. The van der Waals surface area contributed by atoms with Gasteiger partial charge in [-0.15, -0.1) is 38.0 Å². The van der Waals surface area contributed by atoms with E-state index in [2.05, 4.69) is 10.1 Å². The SMILES string of the molecule is Cl.Cl.FC[C@@H](c1cccc(OC(F)(F)F)c1)N1CCNCC1. The van der Waals surface area contributed by atoms with Gasteiger partial charge in [0, 0.05) is 26.2 Å².